The van der Waals surface area contributed by atoms with Crippen molar-refractivity contribution in [1.82, 2.24) is 9.97 Å². The molecule has 0 aliphatic heterocycles. The van der Waals surface area contributed by atoms with Crippen molar-refractivity contribution in [2.45, 2.75) is 6.92 Å². The fraction of sp³-hybridized carbons (Fsp3) is 0.167. The standard InChI is InChI=1S/C12H12ClIN4/c1-7-3-4-8(5-10(7)14)17-11-9(13)6-16-12(15-2)18-11/h3-6H,1-2H3,(H2,15,16,17,18). The Bertz CT molecular complexity index is 574. The molecule has 0 fully saturated rings. The van der Waals surface area contributed by atoms with E-state index in [2.05, 4.69) is 56.2 Å². The SMILES string of the molecule is CNc1ncc(Cl)c(Nc2ccc(C)c(I)c2)n1. The number of aromatic nitrogens is 2. The van der Waals surface area contributed by atoms with Gasteiger partial charge in [0.05, 0.1) is 6.20 Å². The Morgan fingerprint density at radius 2 is 2.11 bits per heavy atom. The summed E-state index contributed by atoms with van der Waals surface area (Å²) in [5.41, 5.74) is 2.19. The highest BCUT2D eigenvalue weighted by Gasteiger charge is 2.05. The maximum absolute atomic E-state index is 6.06. The zero-order chi connectivity index (χ0) is 13.1. The fourth-order valence-electron chi connectivity index (χ4n) is 1.38. The lowest BCUT2D eigenvalue weighted by atomic mass is 10.2. The van der Waals surface area contributed by atoms with Crippen molar-refractivity contribution in [3.63, 3.8) is 0 Å². The first kappa shape index (κ1) is 13.4. The van der Waals surface area contributed by atoms with Crippen LogP contribution in [-0.4, -0.2) is 17.0 Å². The van der Waals surface area contributed by atoms with Gasteiger partial charge in [0.25, 0.3) is 0 Å². The van der Waals surface area contributed by atoms with Gasteiger partial charge in [-0.1, -0.05) is 17.7 Å². The van der Waals surface area contributed by atoms with Crippen LogP contribution in [0.15, 0.2) is 24.4 Å². The average molecular weight is 375 g/mol. The number of hydrogen-bond acceptors (Lipinski definition) is 4. The third kappa shape index (κ3) is 3.02. The van der Waals surface area contributed by atoms with Crippen LogP contribution in [0.1, 0.15) is 5.56 Å². The average Bonchev–Trinajstić information content (AvgIpc) is 2.36. The molecule has 2 aromatic rings. The highest BCUT2D eigenvalue weighted by molar-refractivity contribution is 14.1. The van der Waals surface area contributed by atoms with Crippen molar-refractivity contribution < 1.29 is 0 Å². The van der Waals surface area contributed by atoms with Gasteiger partial charge in [0.2, 0.25) is 5.95 Å². The summed E-state index contributed by atoms with van der Waals surface area (Å²) >= 11 is 8.35. The number of nitrogens with zero attached hydrogens (tertiary/aromatic N) is 2. The maximum Gasteiger partial charge on any atom is 0.224 e. The first-order valence-electron chi connectivity index (χ1n) is 5.33. The van der Waals surface area contributed by atoms with Crippen molar-refractivity contribution in [3.8, 4) is 0 Å². The van der Waals surface area contributed by atoms with Gasteiger partial charge in [-0.3, -0.25) is 0 Å². The van der Waals surface area contributed by atoms with Crippen molar-refractivity contribution in [2.75, 3.05) is 17.7 Å². The van der Waals surface area contributed by atoms with Gasteiger partial charge in [-0.2, -0.15) is 4.98 Å². The molecule has 1 heterocycles. The van der Waals surface area contributed by atoms with Crippen LogP contribution in [0.4, 0.5) is 17.5 Å². The second-order valence-electron chi connectivity index (χ2n) is 3.73. The van der Waals surface area contributed by atoms with E-state index in [1.165, 1.54) is 9.13 Å². The van der Waals surface area contributed by atoms with E-state index < -0.39 is 0 Å². The van der Waals surface area contributed by atoms with Gasteiger partial charge in [-0.25, -0.2) is 4.98 Å². The molecular weight excluding hydrogens is 363 g/mol. The minimum atomic E-state index is 0.490. The second-order valence-corrected chi connectivity index (χ2v) is 5.30. The molecule has 0 atom stereocenters. The summed E-state index contributed by atoms with van der Waals surface area (Å²) in [5, 5.41) is 6.56. The Morgan fingerprint density at radius 1 is 1.33 bits per heavy atom. The van der Waals surface area contributed by atoms with E-state index in [-0.39, 0.29) is 0 Å². The van der Waals surface area contributed by atoms with E-state index in [1.54, 1.807) is 13.2 Å². The zero-order valence-corrected chi connectivity index (χ0v) is 12.9. The van der Waals surface area contributed by atoms with Gasteiger partial charge in [0.1, 0.15) is 5.02 Å². The van der Waals surface area contributed by atoms with Gasteiger partial charge in [0.15, 0.2) is 5.82 Å². The van der Waals surface area contributed by atoms with Crippen LogP contribution in [0, 0.1) is 10.5 Å². The highest BCUT2D eigenvalue weighted by Crippen LogP contribution is 2.25. The maximum atomic E-state index is 6.06. The lowest BCUT2D eigenvalue weighted by Crippen LogP contribution is -2.01. The van der Waals surface area contributed by atoms with Crippen molar-refractivity contribution >= 4 is 51.6 Å². The predicted octanol–water partition coefficient (Wildman–Crippen LogP) is 3.83. The largest absolute Gasteiger partial charge is 0.357 e. The Morgan fingerprint density at radius 3 is 2.78 bits per heavy atom. The second kappa shape index (κ2) is 5.71. The number of benzene rings is 1. The normalized spacial score (nSPS) is 10.2. The Kier molecular flexibility index (Phi) is 4.23. The molecule has 0 amide bonds. The zero-order valence-electron chi connectivity index (χ0n) is 9.96. The molecule has 2 rings (SSSR count). The fourth-order valence-corrected chi connectivity index (χ4v) is 2.04. The quantitative estimate of drug-likeness (QED) is 0.802. The number of anilines is 3. The summed E-state index contributed by atoms with van der Waals surface area (Å²) in [6.07, 6.45) is 1.57. The monoisotopic (exact) mass is 374 g/mol. The van der Waals surface area contributed by atoms with E-state index in [0.29, 0.717) is 16.8 Å². The lowest BCUT2D eigenvalue weighted by Gasteiger charge is -2.09. The molecule has 94 valence electrons. The molecule has 0 aliphatic rings. The molecule has 0 spiro atoms. The first-order valence-corrected chi connectivity index (χ1v) is 6.79. The van der Waals surface area contributed by atoms with Gasteiger partial charge in [-0.15, -0.1) is 0 Å². The smallest absolute Gasteiger partial charge is 0.224 e. The minimum Gasteiger partial charge on any atom is -0.357 e. The van der Waals surface area contributed by atoms with Crippen molar-refractivity contribution in [1.29, 1.82) is 0 Å². The summed E-state index contributed by atoms with van der Waals surface area (Å²) < 4.78 is 1.19. The van der Waals surface area contributed by atoms with E-state index in [1.807, 2.05) is 12.1 Å². The van der Waals surface area contributed by atoms with E-state index in [4.69, 9.17) is 11.6 Å². The van der Waals surface area contributed by atoms with Crippen molar-refractivity contribution in [3.05, 3.63) is 38.6 Å². The lowest BCUT2D eigenvalue weighted by molar-refractivity contribution is 1.15. The van der Waals surface area contributed by atoms with E-state index in [9.17, 15) is 0 Å². The predicted molar refractivity (Wildman–Crippen MR) is 83.8 cm³/mol. The molecular formula is C12H12ClIN4. The first-order chi connectivity index (χ1) is 8.60. The number of rotatable bonds is 3. The summed E-state index contributed by atoms with van der Waals surface area (Å²) in [5.74, 6) is 1.12. The van der Waals surface area contributed by atoms with E-state index >= 15 is 0 Å². The van der Waals surface area contributed by atoms with Crippen LogP contribution in [0.25, 0.3) is 0 Å². The third-order valence-corrected chi connectivity index (χ3v) is 3.84. The summed E-state index contributed by atoms with van der Waals surface area (Å²) in [4.78, 5) is 8.31. The summed E-state index contributed by atoms with van der Waals surface area (Å²) in [6.45, 7) is 2.07. The van der Waals surface area contributed by atoms with Crippen LogP contribution in [-0.2, 0) is 0 Å². The van der Waals surface area contributed by atoms with Gasteiger partial charge < -0.3 is 10.6 Å². The van der Waals surface area contributed by atoms with Gasteiger partial charge in [-0.05, 0) is 47.2 Å². The van der Waals surface area contributed by atoms with Crippen LogP contribution >= 0.6 is 34.2 Å². The molecule has 0 saturated heterocycles. The van der Waals surface area contributed by atoms with Gasteiger partial charge in [0, 0.05) is 16.3 Å². The molecule has 0 bridgehead atoms. The minimum absolute atomic E-state index is 0.490. The highest BCUT2D eigenvalue weighted by atomic mass is 127. The molecule has 2 N–H and O–H groups in total. The third-order valence-electron chi connectivity index (χ3n) is 2.40. The van der Waals surface area contributed by atoms with Crippen LogP contribution in [0.2, 0.25) is 5.02 Å². The van der Waals surface area contributed by atoms with Crippen LogP contribution in [0.3, 0.4) is 0 Å². The number of halogens is 2. The Balaban J connectivity index is 2.30. The summed E-state index contributed by atoms with van der Waals surface area (Å²) in [6, 6.07) is 6.10. The summed E-state index contributed by atoms with van der Waals surface area (Å²) in [7, 11) is 1.77. The number of aryl methyl sites for hydroxylation is 1. The van der Waals surface area contributed by atoms with Crippen LogP contribution in [0.5, 0.6) is 0 Å². The van der Waals surface area contributed by atoms with E-state index in [0.717, 1.165) is 5.69 Å². The molecule has 0 unspecified atom stereocenters. The molecule has 0 aliphatic carbocycles. The molecule has 1 aromatic carbocycles. The Labute approximate surface area is 124 Å². The van der Waals surface area contributed by atoms with Gasteiger partial charge >= 0.3 is 0 Å². The van der Waals surface area contributed by atoms with Crippen molar-refractivity contribution in [2.24, 2.45) is 0 Å². The molecule has 6 heteroatoms. The molecule has 4 nitrogen and oxygen atoms in total. The Hall–Kier alpha value is -1.08. The molecule has 1 aromatic heterocycles. The number of nitrogens with one attached hydrogen (secondary N) is 2. The molecule has 18 heavy (non-hydrogen) atoms. The topological polar surface area (TPSA) is 49.8 Å². The van der Waals surface area contributed by atoms with Crippen LogP contribution < -0.4 is 10.6 Å². The molecule has 0 radical (unpaired) electrons. The number of hydrogen-bond donors (Lipinski definition) is 2. The molecule has 0 saturated carbocycles.